The van der Waals surface area contributed by atoms with Crippen molar-refractivity contribution in [2.45, 2.75) is 24.7 Å². The highest BCUT2D eigenvalue weighted by molar-refractivity contribution is 7.91. The van der Waals surface area contributed by atoms with E-state index in [-0.39, 0.29) is 21.9 Å². The fourth-order valence-corrected chi connectivity index (χ4v) is 4.28. The van der Waals surface area contributed by atoms with Crippen LogP contribution in [0, 0.1) is 6.92 Å². The Bertz CT molecular complexity index is 1040. The molecule has 3 aromatic rings. The second-order valence-corrected chi connectivity index (χ2v) is 8.27. The van der Waals surface area contributed by atoms with Crippen LogP contribution in [-0.4, -0.2) is 34.1 Å². The Labute approximate surface area is 154 Å². The first-order valence-electron chi connectivity index (χ1n) is 7.56. The van der Waals surface area contributed by atoms with Gasteiger partial charge in [-0.1, -0.05) is 29.5 Å². The molecule has 0 saturated carbocycles. The van der Waals surface area contributed by atoms with Gasteiger partial charge in [0, 0.05) is 25.9 Å². The molecule has 1 amide bonds. The molecule has 0 fully saturated rings. The minimum absolute atomic E-state index is 0.0746. The number of aromatic nitrogens is 4. The lowest BCUT2D eigenvalue weighted by Crippen LogP contribution is -2.24. The number of benzene rings is 1. The molecule has 1 aromatic carbocycles. The fourth-order valence-electron chi connectivity index (χ4n) is 2.28. The molecule has 2 N–H and O–H groups in total. The Balaban J connectivity index is 1.80. The Hall–Kier alpha value is -2.63. The largest absolute Gasteiger partial charge is 0.304 e. The van der Waals surface area contributed by atoms with Crippen LogP contribution >= 0.6 is 11.3 Å². The SMILES string of the molecule is CC(=O)Nc1nnc(S(=O)(=O)NCc2ccccc2-n2ccnc2C)s1. The predicted octanol–water partition coefficient (Wildman–Crippen LogP) is 1.47. The highest BCUT2D eigenvalue weighted by Crippen LogP contribution is 2.21. The average Bonchev–Trinajstić information content (AvgIpc) is 3.22. The van der Waals surface area contributed by atoms with E-state index >= 15 is 0 Å². The molecule has 0 bridgehead atoms. The van der Waals surface area contributed by atoms with Gasteiger partial charge in [-0.25, -0.2) is 18.1 Å². The molecule has 26 heavy (non-hydrogen) atoms. The molecule has 0 saturated heterocycles. The average molecular weight is 392 g/mol. The van der Waals surface area contributed by atoms with Crippen molar-refractivity contribution in [2.75, 3.05) is 5.32 Å². The maximum atomic E-state index is 12.4. The summed E-state index contributed by atoms with van der Waals surface area (Å²) in [6.07, 6.45) is 3.49. The van der Waals surface area contributed by atoms with Gasteiger partial charge in [-0.15, -0.1) is 10.2 Å². The normalized spacial score (nSPS) is 11.5. The van der Waals surface area contributed by atoms with Crippen LogP contribution in [0.1, 0.15) is 18.3 Å². The van der Waals surface area contributed by atoms with Crippen molar-refractivity contribution in [1.29, 1.82) is 0 Å². The number of anilines is 1. The van der Waals surface area contributed by atoms with Crippen molar-refractivity contribution in [3.8, 4) is 5.69 Å². The number of carbonyl (C=O) groups excluding carboxylic acids is 1. The summed E-state index contributed by atoms with van der Waals surface area (Å²) in [5, 5.41) is 9.82. The minimum Gasteiger partial charge on any atom is -0.304 e. The Morgan fingerprint density at radius 1 is 1.27 bits per heavy atom. The van der Waals surface area contributed by atoms with Crippen LogP contribution in [0.3, 0.4) is 0 Å². The quantitative estimate of drug-likeness (QED) is 0.613. The zero-order valence-electron chi connectivity index (χ0n) is 14.0. The van der Waals surface area contributed by atoms with Gasteiger partial charge in [0.25, 0.3) is 10.0 Å². The number of nitrogens with zero attached hydrogens (tertiary/aromatic N) is 4. The number of para-hydroxylation sites is 1. The number of hydrogen-bond donors (Lipinski definition) is 2. The van der Waals surface area contributed by atoms with E-state index in [1.165, 1.54) is 6.92 Å². The van der Waals surface area contributed by atoms with Gasteiger partial charge in [0.05, 0.1) is 5.69 Å². The van der Waals surface area contributed by atoms with E-state index < -0.39 is 10.0 Å². The van der Waals surface area contributed by atoms with Crippen molar-refractivity contribution in [3.05, 3.63) is 48.0 Å². The first kappa shape index (κ1) is 18.2. The summed E-state index contributed by atoms with van der Waals surface area (Å²) in [5.41, 5.74) is 1.62. The van der Waals surface area contributed by atoms with Crippen LogP contribution < -0.4 is 10.0 Å². The van der Waals surface area contributed by atoms with Crippen LogP contribution in [0.4, 0.5) is 5.13 Å². The molecule has 0 atom stereocenters. The molecule has 0 spiro atoms. The third-order valence-corrected chi connectivity index (χ3v) is 6.06. The van der Waals surface area contributed by atoms with Crippen LogP contribution in [0.25, 0.3) is 5.69 Å². The van der Waals surface area contributed by atoms with Crippen LogP contribution in [0.15, 0.2) is 41.0 Å². The number of carbonyl (C=O) groups is 1. The van der Waals surface area contributed by atoms with Crippen LogP contribution in [0.5, 0.6) is 0 Å². The van der Waals surface area contributed by atoms with Gasteiger partial charge in [-0.2, -0.15) is 0 Å². The summed E-state index contributed by atoms with van der Waals surface area (Å²) in [6, 6.07) is 7.43. The van der Waals surface area contributed by atoms with E-state index in [1.807, 2.05) is 42.0 Å². The molecule has 0 radical (unpaired) electrons. The second-order valence-electron chi connectivity index (χ2n) is 5.35. The lowest BCUT2D eigenvalue weighted by Gasteiger charge is -2.12. The van der Waals surface area contributed by atoms with Gasteiger partial charge >= 0.3 is 0 Å². The number of imidazole rings is 1. The molecule has 9 nitrogen and oxygen atoms in total. The molecule has 3 rings (SSSR count). The lowest BCUT2D eigenvalue weighted by atomic mass is 10.2. The predicted molar refractivity (Wildman–Crippen MR) is 96.5 cm³/mol. The van der Waals surface area contributed by atoms with Gasteiger partial charge < -0.3 is 9.88 Å². The lowest BCUT2D eigenvalue weighted by molar-refractivity contribution is -0.114. The van der Waals surface area contributed by atoms with E-state index in [4.69, 9.17) is 0 Å². The van der Waals surface area contributed by atoms with E-state index in [2.05, 4.69) is 25.2 Å². The standard InChI is InChI=1S/C15H16N6O3S2/c1-10-16-7-8-21(10)13-6-4-3-5-12(13)9-17-26(23,24)15-20-19-14(25-15)18-11(2)22/h3-8,17H,9H2,1-2H3,(H,18,19,22). The highest BCUT2D eigenvalue weighted by atomic mass is 32.2. The van der Waals surface area contributed by atoms with Crippen LogP contribution in [0.2, 0.25) is 0 Å². The summed E-state index contributed by atoms with van der Waals surface area (Å²) in [7, 11) is -3.85. The highest BCUT2D eigenvalue weighted by Gasteiger charge is 2.21. The monoisotopic (exact) mass is 392 g/mol. The summed E-state index contributed by atoms with van der Waals surface area (Å²) >= 11 is 0.788. The molecule has 0 aliphatic heterocycles. The van der Waals surface area contributed by atoms with E-state index in [0.717, 1.165) is 28.4 Å². The van der Waals surface area contributed by atoms with Crippen molar-refractivity contribution >= 4 is 32.4 Å². The van der Waals surface area contributed by atoms with Crippen molar-refractivity contribution in [2.24, 2.45) is 0 Å². The van der Waals surface area contributed by atoms with E-state index in [1.54, 1.807) is 6.20 Å². The minimum atomic E-state index is -3.85. The summed E-state index contributed by atoms with van der Waals surface area (Å²) in [6.45, 7) is 3.25. The molecular formula is C15H16N6O3S2. The molecule has 2 aromatic heterocycles. The van der Waals surface area contributed by atoms with Crippen molar-refractivity contribution in [3.63, 3.8) is 0 Å². The molecule has 0 aliphatic rings. The second kappa shape index (κ2) is 7.32. The fraction of sp³-hybridized carbons (Fsp3) is 0.200. The van der Waals surface area contributed by atoms with Gasteiger partial charge in [-0.3, -0.25) is 4.79 Å². The van der Waals surface area contributed by atoms with Crippen LogP contribution in [-0.2, 0) is 21.4 Å². The number of nitrogens with one attached hydrogen (secondary N) is 2. The molecule has 2 heterocycles. The number of amides is 1. The first-order valence-corrected chi connectivity index (χ1v) is 9.86. The molecule has 11 heteroatoms. The first-order chi connectivity index (χ1) is 12.4. The molecular weight excluding hydrogens is 376 g/mol. The Morgan fingerprint density at radius 2 is 2.04 bits per heavy atom. The Morgan fingerprint density at radius 3 is 2.73 bits per heavy atom. The molecule has 0 unspecified atom stereocenters. The number of sulfonamides is 1. The third-order valence-electron chi connectivity index (χ3n) is 3.45. The number of hydrogen-bond acceptors (Lipinski definition) is 7. The van der Waals surface area contributed by atoms with Gasteiger partial charge in [-0.05, 0) is 18.6 Å². The third kappa shape index (κ3) is 3.95. The van der Waals surface area contributed by atoms with Crippen molar-refractivity contribution < 1.29 is 13.2 Å². The summed E-state index contributed by atoms with van der Waals surface area (Å²) in [5.74, 6) is 0.451. The van der Waals surface area contributed by atoms with Gasteiger partial charge in [0.1, 0.15) is 5.82 Å². The smallest absolute Gasteiger partial charge is 0.270 e. The molecule has 0 aliphatic carbocycles. The maximum Gasteiger partial charge on any atom is 0.270 e. The molecule has 136 valence electrons. The van der Waals surface area contributed by atoms with Gasteiger partial charge in [0.2, 0.25) is 15.4 Å². The van der Waals surface area contributed by atoms with E-state index in [9.17, 15) is 13.2 Å². The van der Waals surface area contributed by atoms with Crippen molar-refractivity contribution in [1.82, 2.24) is 24.5 Å². The Kier molecular flexibility index (Phi) is 5.11. The maximum absolute atomic E-state index is 12.4. The summed E-state index contributed by atoms with van der Waals surface area (Å²) in [4.78, 5) is 15.2. The number of aryl methyl sites for hydroxylation is 1. The zero-order chi connectivity index (χ0) is 18.7. The zero-order valence-corrected chi connectivity index (χ0v) is 15.6. The topological polar surface area (TPSA) is 119 Å². The van der Waals surface area contributed by atoms with E-state index in [0.29, 0.717) is 0 Å². The van der Waals surface area contributed by atoms with Gasteiger partial charge in [0.15, 0.2) is 0 Å². The number of rotatable bonds is 6. The summed E-state index contributed by atoms with van der Waals surface area (Å²) < 4.78 is 29.1.